The van der Waals surface area contributed by atoms with E-state index in [-0.39, 0.29) is 29.8 Å². The summed E-state index contributed by atoms with van der Waals surface area (Å²) in [4.78, 5) is 25.2. The Morgan fingerprint density at radius 2 is 2.11 bits per heavy atom. The fourth-order valence-electron chi connectivity index (χ4n) is 3.34. The summed E-state index contributed by atoms with van der Waals surface area (Å²) in [6, 6.07) is 4.45. The van der Waals surface area contributed by atoms with Crippen molar-refractivity contribution < 1.29 is 33.3 Å². The number of methoxy groups -OCH3 is 1. The number of ether oxygens (including phenoxy) is 3. The highest BCUT2D eigenvalue weighted by Gasteiger charge is 2.25. The molecule has 0 spiro atoms. The smallest absolute Gasteiger partial charge is 0.290 e. The molecular formula is C19H27FN2O6. The quantitative estimate of drug-likeness (QED) is 0.760. The van der Waals surface area contributed by atoms with Crippen molar-refractivity contribution >= 4 is 12.4 Å². The van der Waals surface area contributed by atoms with E-state index in [1.54, 1.807) is 11.0 Å². The second-order valence-electron chi connectivity index (χ2n) is 6.44. The Kier molecular flexibility index (Phi) is 9.12. The fraction of sp³-hybridized carbons (Fsp3) is 0.579. The van der Waals surface area contributed by atoms with Gasteiger partial charge in [-0.25, -0.2) is 4.39 Å². The van der Waals surface area contributed by atoms with Crippen molar-refractivity contribution in [2.24, 2.45) is 0 Å². The molecule has 2 aliphatic rings. The normalized spacial score (nSPS) is 20.5. The molecule has 1 amide bonds. The molecule has 1 aromatic rings. The number of carboxylic acid groups (broad SMARTS) is 1. The summed E-state index contributed by atoms with van der Waals surface area (Å²) >= 11 is 0. The minimum atomic E-state index is -0.515. The number of hydrogen-bond acceptors (Lipinski definition) is 6. The molecule has 9 heteroatoms. The van der Waals surface area contributed by atoms with Gasteiger partial charge in [0.1, 0.15) is 0 Å². The molecule has 8 nitrogen and oxygen atoms in total. The van der Waals surface area contributed by atoms with Crippen LogP contribution in [0.1, 0.15) is 16.8 Å². The maximum Gasteiger partial charge on any atom is 0.290 e. The highest BCUT2D eigenvalue weighted by atomic mass is 19.1. The summed E-state index contributed by atoms with van der Waals surface area (Å²) in [5, 5.41) is 6.89. The lowest BCUT2D eigenvalue weighted by molar-refractivity contribution is -0.122. The van der Waals surface area contributed by atoms with Gasteiger partial charge in [-0.15, -0.1) is 0 Å². The first-order valence-electron chi connectivity index (χ1n) is 9.22. The summed E-state index contributed by atoms with van der Waals surface area (Å²) in [7, 11) is 1.38. The zero-order valence-corrected chi connectivity index (χ0v) is 16.0. The first-order valence-corrected chi connectivity index (χ1v) is 9.22. The van der Waals surface area contributed by atoms with Gasteiger partial charge in [0.05, 0.1) is 38.6 Å². The van der Waals surface area contributed by atoms with Crippen LogP contribution in [0.4, 0.5) is 4.39 Å². The van der Waals surface area contributed by atoms with Crippen LogP contribution >= 0.6 is 0 Å². The molecule has 1 aromatic carbocycles. The zero-order valence-electron chi connectivity index (χ0n) is 16.0. The van der Waals surface area contributed by atoms with E-state index in [4.69, 9.17) is 24.1 Å². The minimum Gasteiger partial charge on any atom is -0.493 e. The molecule has 2 fully saturated rings. The Morgan fingerprint density at radius 3 is 2.79 bits per heavy atom. The van der Waals surface area contributed by atoms with E-state index < -0.39 is 5.82 Å². The van der Waals surface area contributed by atoms with Gasteiger partial charge in [0.25, 0.3) is 12.4 Å². The Balaban J connectivity index is 0.000000878. The van der Waals surface area contributed by atoms with Gasteiger partial charge in [-0.05, 0) is 25.1 Å². The van der Waals surface area contributed by atoms with Crippen LogP contribution in [0, 0.1) is 5.82 Å². The van der Waals surface area contributed by atoms with Crippen LogP contribution < -0.4 is 4.74 Å². The summed E-state index contributed by atoms with van der Waals surface area (Å²) in [6.45, 7) is 5.41. The Labute approximate surface area is 163 Å². The molecule has 0 bridgehead atoms. The molecule has 0 radical (unpaired) electrons. The van der Waals surface area contributed by atoms with Crippen molar-refractivity contribution in [3.63, 3.8) is 0 Å². The number of carbonyl (C=O) groups excluding carboxylic acids is 1. The topological polar surface area (TPSA) is 88.5 Å². The SMILES string of the molecule is COc1c(F)cccc1C(=O)N1CCCN(CC2COCCO2)CC1.O=CO. The number of nitrogens with zero attached hydrogens (tertiary/aromatic N) is 2. The molecule has 1 unspecified atom stereocenters. The molecular weight excluding hydrogens is 371 g/mol. The number of halogens is 1. The predicted molar refractivity (Wildman–Crippen MR) is 99.2 cm³/mol. The van der Waals surface area contributed by atoms with E-state index in [0.29, 0.717) is 32.9 Å². The Bertz CT molecular complexity index is 639. The van der Waals surface area contributed by atoms with Crippen LogP contribution in [0.2, 0.25) is 0 Å². The fourth-order valence-corrected chi connectivity index (χ4v) is 3.34. The third-order valence-electron chi connectivity index (χ3n) is 4.62. The van der Waals surface area contributed by atoms with E-state index in [0.717, 1.165) is 26.1 Å². The number of carbonyl (C=O) groups is 2. The molecule has 28 heavy (non-hydrogen) atoms. The average molecular weight is 398 g/mol. The number of para-hydroxylation sites is 1. The van der Waals surface area contributed by atoms with Crippen molar-refractivity contribution in [2.45, 2.75) is 12.5 Å². The van der Waals surface area contributed by atoms with Crippen LogP contribution in [0.3, 0.4) is 0 Å². The van der Waals surface area contributed by atoms with Crippen molar-refractivity contribution in [3.05, 3.63) is 29.6 Å². The van der Waals surface area contributed by atoms with Gasteiger partial charge in [0, 0.05) is 26.2 Å². The number of rotatable bonds is 4. The van der Waals surface area contributed by atoms with Crippen molar-refractivity contribution in [1.82, 2.24) is 9.80 Å². The van der Waals surface area contributed by atoms with E-state index in [2.05, 4.69) is 4.90 Å². The lowest BCUT2D eigenvalue weighted by Gasteiger charge is -2.29. The summed E-state index contributed by atoms with van der Waals surface area (Å²) in [5.41, 5.74) is 0.278. The van der Waals surface area contributed by atoms with Crippen molar-refractivity contribution in [3.8, 4) is 5.75 Å². The molecule has 0 aromatic heterocycles. The Morgan fingerprint density at radius 1 is 1.32 bits per heavy atom. The molecule has 0 aliphatic carbocycles. The minimum absolute atomic E-state index is 0.0151. The highest BCUT2D eigenvalue weighted by Crippen LogP contribution is 2.24. The zero-order chi connectivity index (χ0) is 20.4. The molecule has 2 heterocycles. The molecule has 2 aliphatic heterocycles. The summed E-state index contributed by atoms with van der Waals surface area (Å²) < 4.78 is 30.1. The highest BCUT2D eigenvalue weighted by molar-refractivity contribution is 5.97. The monoisotopic (exact) mass is 398 g/mol. The van der Waals surface area contributed by atoms with E-state index in [1.807, 2.05) is 0 Å². The lowest BCUT2D eigenvalue weighted by Crippen LogP contribution is -2.42. The van der Waals surface area contributed by atoms with E-state index in [1.165, 1.54) is 19.2 Å². The number of amides is 1. The number of hydrogen-bond donors (Lipinski definition) is 1. The summed E-state index contributed by atoms with van der Waals surface area (Å²) in [5.74, 6) is -0.684. The van der Waals surface area contributed by atoms with Gasteiger partial charge in [0.15, 0.2) is 11.6 Å². The second kappa shape index (κ2) is 11.6. The number of benzene rings is 1. The van der Waals surface area contributed by atoms with Crippen molar-refractivity contribution in [1.29, 1.82) is 0 Å². The van der Waals surface area contributed by atoms with Crippen molar-refractivity contribution in [2.75, 3.05) is 59.7 Å². The molecule has 1 atom stereocenters. The molecule has 3 rings (SSSR count). The van der Waals surface area contributed by atoms with Crippen LogP contribution in [0.25, 0.3) is 0 Å². The maximum atomic E-state index is 13.9. The largest absolute Gasteiger partial charge is 0.493 e. The molecule has 156 valence electrons. The second-order valence-corrected chi connectivity index (χ2v) is 6.44. The standard InChI is InChI=1S/C18H25FN2O4.CH2O2/c1-23-17-15(4-2-5-16(17)19)18(22)21-7-3-6-20(8-9-21)12-14-13-24-10-11-25-14;2-1-3/h2,4-5,14H,3,6-13H2,1H3;1H,(H,2,3). The third-order valence-corrected chi connectivity index (χ3v) is 4.62. The molecule has 0 saturated carbocycles. The Hall–Kier alpha value is -2.23. The van der Waals surface area contributed by atoms with E-state index >= 15 is 0 Å². The van der Waals surface area contributed by atoms with Gasteiger partial charge < -0.3 is 24.2 Å². The lowest BCUT2D eigenvalue weighted by atomic mass is 10.1. The third kappa shape index (κ3) is 6.15. The molecule has 2 saturated heterocycles. The van der Waals surface area contributed by atoms with Crippen LogP contribution in [0.5, 0.6) is 5.75 Å². The van der Waals surface area contributed by atoms with Gasteiger partial charge in [-0.1, -0.05) is 6.07 Å². The van der Waals surface area contributed by atoms with E-state index in [9.17, 15) is 9.18 Å². The maximum absolute atomic E-state index is 13.9. The average Bonchev–Trinajstić information content (AvgIpc) is 2.94. The first-order chi connectivity index (χ1) is 13.6. The van der Waals surface area contributed by atoms with Gasteiger partial charge in [0.2, 0.25) is 0 Å². The summed E-state index contributed by atoms with van der Waals surface area (Å²) in [6.07, 6.45) is 0.969. The van der Waals surface area contributed by atoms with Gasteiger partial charge >= 0.3 is 0 Å². The van der Waals surface area contributed by atoms with Crippen LogP contribution in [-0.2, 0) is 14.3 Å². The van der Waals surface area contributed by atoms with Crippen LogP contribution in [0.15, 0.2) is 18.2 Å². The predicted octanol–water partition coefficient (Wildman–Crippen LogP) is 1.10. The van der Waals surface area contributed by atoms with Crippen LogP contribution in [-0.4, -0.2) is 93.0 Å². The molecule has 1 N–H and O–H groups in total. The van der Waals surface area contributed by atoms with Gasteiger partial charge in [-0.3, -0.25) is 14.5 Å². The van der Waals surface area contributed by atoms with Gasteiger partial charge in [-0.2, -0.15) is 0 Å². The first kappa shape index (κ1) is 22.1.